The van der Waals surface area contributed by atoms with Gasteiger partial charge in [0.1, 0.15) is 11.5 Å². The molecule has 1 aromatic carbocycles. The summed E-state index contributed by atoms with van der Waals surface area (Å²) >= 11 is 0. The highest BCUT2D eigenvalue weighted by Crippen LogP contribution is 2.28. The average molecular weight is 551 g/mol. The minimum Gasteiger partial charge on any atom is -0.315 e. The van der Waals surface area contributed by atoms with E-state index in [4.69, 9.17) is 0 Å². The lowest BCUT2D eigenvalue weighted by molar-refractivity contribution is -0.0446. The molecule has 2 amide bonds. The number of anilines is 1. The molecule has 0 aliphatic carbocycles. The number of pyridine rings is 1. The lowest BCUT2D eigenvalue weighted by Gasteiger charge is -2.34. The third kappa shape index (κ3) is 5.41. The van der Waals surface area contributed by atoms with Crippen molar-refractivity contribution in [3.05, 3.63) is 65.6 Å². The number of aromatic nitrogens is 3. The molecule has 3 aromatic rings. The normalized spacial score (nSPS) is 16.2. The van der Waals surface area contributed by atoms with Gasteiger partial charge in [0.2, 0.25) is 0 Å². The van der Waals surface area contributed by atoms with Crippen molar-refractivity contribution in [3.63, 3.8) is 0 Å². The number of hydrogen-bond donors (Lipinski definition) is 2. The van der Waals surface area contributed by atoms with Crippen LogP contribution in [0, 0.1) is 6.92 Å². The zero-order valence-corrected chi connectivity index (χ0v) is 21.3. The van der Waals surface area contributed by atoms with Crippen LogP contribution in [0.3, 0.4) is 0 Å². The third-order valence-corrected chi connectivity index (χ3v) is 7.26. The van der Waals surface area contributed by atoms with Crippen molar-refractivity contribution in [2.45, 2.75) is 31.3 Å². The van der Waals surface area contributed by atoms with Crippen molar-refractivity contribution >= 4 is 27.7 Å². The molecule has 10 nitrogen and oxygen atoms in total. The van der Waals surface area contributed by atoms with Crippen LogP contribution in [0.15, 0.2) is 48.8 Å². The Kier molecular flexibility index (Phi) is 7.56. The maximum absolute atomic E-state index is 13.7. The standard InChI is InChI=1S/C24H25F3N6O4S/c1-15-5-3-12-29-21(15)33(18-6-4-11-28-13-18)23(35)17-9-7-16(8-10-17)19-14-30-32(2)20(19)22(34)31-38(36,37)24(25,26)27/h3,5,7-10,12,14,18,28H,4,6,11,13H2,1-2H3,(H,31,34)/t18-/m1/s1. The van der Waals surface area contributed by atoms with E-state index in [9.17, 15) is 31.2 Å². The van der Waals surface area contributed by atoms with Gasteiger partial charge < -0.3 is 5.32 Å². The Hall–Kier alpha value is -3.78. The molecule has 1 atom stereocenters. The zero-order chi connectivity index (χ0) is 27.7. The van der Waals surface area contributed by atoms with Crippen LogP contribution in [0.25, 0.3) is 11.1 Å². The van der Waals surface area contributed by atoms with Crippen LogP contribution >= 0.6 is 0 Å². The van der Waals surface area contributed by atoms with Crippen LogP contribution in [-0.2, 0) is 17.1 Å². The summed E-state index contributed by atoms with van der Waals surface area (Å²) < 4.78 is 63.1. The van der Waals surface area contributed by atoms with Gasteiger partial charge in [-0.3, -0.25) is 19.2 Å². The summed E-state index contributed by atoms with van der Waals surface area (Å²) in [5.41, 5.74) is -4.44. The van der Waals surface area contributed by atoms with Crippen molar-refractivity contribution in [2.75, 3.05) is 18.0 Å². The first-order chi connectivity index (χ1) is 17.9. The quantitative estimate of drug-likeness (QED) is 0.483. The van der Waals surface area contributed by atoms with Crippen molar-refractivity contribution in [1.29, 1.82) is 0 Å². The highest BCUT2D eigenvalue weighted by atomic mass is 32.2. The van der Waals surface area contributed by atoms with Gasteiger partial charge in [0, 0.05) is 30.9 Å². The van der Waals surface area contributed by atoms with E-state index in [0.717, 1.165) is 34.4 Å². The summed E-state index contributed by atoms with van der Waals surface area (Å²) in [7, 11) is -4.62. The van der Waals surface area contributed by atoms with Gasteiger partial charge in [-0.1, -0.05) is 18.2 Å². The second-order valence-corrected chi connectivity index (χ2v) is 10.5. The molecule has 14 heteroatoms. The molecule has 3 heterocycles. The molecule has 38 heavy (non-hydrogen) atoms. The SMILES string of the molecule is Cc1cccnc1N(C(=O)c1ccc(-c2cnn(C)c2C(=O)NS(=O)(=O)C(F)(F)F)cc1)[C@@H]1CCCNC1. The number of alkyl halides is 3. The lowest BCUT2D eigenvalue weighted by Crippen LogP contribution is -2.49. The van der Waals surface area contributed by atoms with Gasteiger partial charge in [-0.25, -0.2) is 9.71 Å². The van der Waals surface area contributed by atoms with Crippen LogP contribution in [0.2, 0.25) is 0 Å². The molecule has 1 fully saturated rings. The Morgan fingerprint density at radius 3 is 2.50 bits per heavy atom. The van der Waals surface area contributed by atoms with Gasteiger partial charge in [-0.15, -0.1) is 0 Å². The smallest absolute Gasteiger partial charge is 0.315 e. The van der Waals surface area contributed by atoms with Crippen LogP contribution < -0.4 is 14.9 Å². The number of piperidine rings is 1. The maximum atomic E-state index is 13.7. The van der Waals surface area contributed by atoms with E-state index in [1.165, 1.54) is 37.5 Å². The Labute approximate surface area is 216 Å². The van der Waals surface area contributed by atoms with Crippen LogP contribution in [0.1, 0.15) is 39.3 Å². The minimum absolute atomic E-state index is 0.0929. The van der Waals surface area contributed by atoms with Crippen molar-refractivity contribution in [3.8, 4) is 11.1 Å². The van der Waals surface area contributed by atoms with E-state index < -0.39 is 27.1 Å². The van der Waals surface area contributed by atoms with E-state index in [1.807, 2.05) is 13.0 Å². The first-order valence-electron chi connectivity index (χ1n) is 11.6. The fourth-order valence-corrected chi connectivity index (χ4v) is 4.75. The number of rotatable bonds is 6. The fourth-order valence-electron chi connectivity index (χ4n) is 4.30. The molecule has 2 aromatic heterocycles. The van der Waals surface area contributed by atoms with Gasteiger partial charge in [0.15, 0.2) is 0 Å². The summed E-state index contributed by atoms with van der Waals surface area (Å²) in [6.45, 7) is 3.34. The number of amides is 2. The fraction of sp³-hybridized carbons (Fsp3) is 0.333. The molecule has 1 saturated heterocycles. The maximum Gasteiger partial charge on any atom is 0.516 e. The summed E-state index contributed by atoms with van der Waals surface area (Å²) in [4.78, 5) is 32.3. The summed E-state index contributed by atoms with van der Waals surface area (Å²) in [5.74, 6) is -1.22. The Morgan fingerprint density at radius 2 is 1.89 bits per heavy atom. The molecule has 0 radical (unpaired) electrons. The first-order valence-corrected chi connectivity index (χ1v) is 13.1. The van der Waals surface area contributed by atoms with Crippen molar-refractivity contribution in [1.82, 2.24) is 24.8 Å². The van der Waals surface area contributed by atoms with Crippen LogP contribution in [0.4, 0.5) is 19.0 Å². The van der Waals surface area contributed by atoms with Gasteiger partial charge in [0.25, 0.3) is 11.8 Å². The van der Waals surface area contributed by atoms with Gasteiger partial charge >= 0.3 is 15.5 Å². The minimum atomic E-state index is -5.91. The van der Waals surface area contributed by atoms with E-state index in [0.29, 0.717) is 23.5 Å². The third-order valence-electron chi connectivity index (χ3n) is 6.19. The highest BCUT2D eigenvalue weighted by molar-refractivity contribution is 7.90. The topological polar surface area (TPSA) is 126 Å². The van der Waals surface area contributed by atoms with Crippen molar-refractivity contribution < 1.29 is 31.2 Å². The molecule has 0 saturated carbocycles. The van der Waals surface area contributed by atoms with E-state index in [-0.39, 0.29) is 17.5 Å². The molecule has 4 rings (SSSR count). The number of nitrogens with zero attached hydrogens (tertiary/aromatic N) is 4. The largest absolute Gasteiger partial charge is 0.516 e. The summed E-state index contributed by atoms with van der Waals surface area (Å²) in [5, 5.41) is 7.20. The van der Waals surface area contributed by atoms with E-state index in [1.54, 1.807) is 17.2 Å². The molecule has 202 valence electrons. The number of carbonyl (C=O) groups is 2. The second kappa shape index (κ2) is 10.5. The van der Waals surface area contributed by atoms with E-state index in [2.05, 4.69) is 15.4 Å². The first kappa shape index (κ1) is 27.3. The molecule has 0 spiro atoms. The molecular weight excluding hydrogens is 525 g/mol. The number of hydrogen-bond acceptors (Lipinski definition) is 7. The number of aryl methyl sites for hydroxylation is 2. The molecule has 1 aliphatic rings. The van der Waals surface area contributed by atoms with Crippen molar-refractivity contribution in [2.24, 2.45) is 7.05 Å². The van der Waals surface area contributed by atoms with Gasteiger partial charge in [-0.05, 0) is 55.6 Å². The molecular formula is C24H25F3N6O4S. The summed E-state index contributed by atoms with van der Waals surface area (Å²) in [6, 6.07) is 9.63. The molecule has 2 N–H and O–H groups in total. The zero-order valence-electron chi connectivity index (χ0n) is 20.5. The number of sulfonamides is 1. The molecule has 0 bridgehead atoms. The average Bonchev–Trinajstić information content (AvgIpc) is 3.26. The molecule has 1 aliphatic heterocycles. The van der Waals surface area contributed by atoms with Gasteiger partial charge in [-0.2, -0.15) is 26.7 Å². The number of halogens is 3. The van der Waals surface area contributed by atoms with E-state index >= 15 is 0 Å². The Bertz CT molecular complexity index is 1450. The predicted molar refractivity (Wildman–Crippen MR) is 133 cm³/mol. The highest BCUT2D eigenvalue weighted by Gasteiger charge is 2.47. The Morgan fingerprint density at radius 1 is 1.18 bits per heavy atom. The van der Waals surface area contributed by atoms with Crippen LogP contribution in [0.5, 0.6) is 0 Å². The monoisotopic (exact) mass is 550 g/mol. The lowest BCUT2D eigenvalue weighted by atomic mass is 10.0. The summed E-state index contributed by atoms with van der Waals surface area (Å²) in [6.07, 6.45) is 4.54. The van der Waals surface area contributed by atoms with Gasteiger partial charge in [0.05, 0.1) is 12.2 Å². The molecule has 0 unspecified atom stereocenters. The number of benzene rings is 1. The number of nitrogens with one attached hydrogen (secondary N) is 2. The van der Waals surface area contributed by atoms with Crippen LogP contribution in [-0.4, -0.2) is 59.6 Å². The Balaban J connectivity index is 1.64. The second-order valence-electron chi connectivity index (χ2n) is 8.81. The predicted octanol–water partition coefficient (Wildman–Crippen LogP) is 2.77. The number of carbonyl (C=O) groups excluding carboxylic acids is 2.